The third-order valence-electron chi connectivity index (χ3n) is 5.93. The minimum absolute atomic E-state index is 0.0441. The van der Waals surface area contributed by atoms with Gasteiger partial charge in [-0.05, 0) is 34.9 Å². The number of nitro benzene ring substituents is 1. The number of hydrogen-bond donors (Lipinski definition) is 0. The SMILES string of the molecule is N#CC1=Cc2c(oc3ccc([N+](=O)[O-])cc3c2=O)C(c2cccc(C(F)(F)F)c2)c2ccccc21. The predicted octanol–water partition coefficient (Wildman–Crippen LogP) is 6.28. The number of nitrogens with zero attached hydrogens (tertiary/aromatic N) is 2. The molecule has 1 aliphatic rings. The molecule has 0 amide bonds. The topological polar surface area (TPSA) is 97.1 Å². The van der Waals surface area contributed by atoms with Gasteiger partial charge in [0.05, 0.1) is 39.0 Å². The number of benzene rings is 3. The molecule has 1 unspecified atom stereocenters. The maximum atomic E-state index is 13.5. The summed E-state index contributed by atoms with van der Waals surface area (Å²) in [5, 5.41) is 21.0. The summed E-state index contributed by atoms with van der Waals surface area (Å²) in [6.45, 7) is 0. The molecule has 1 aromatic heterocycles. The van der Waals surface area contributed by atoms with Crippen molar-refractivity contribution in [2.75, 3.05) is 0 Å². The summed E-state index contributed by atoms with van der Waals surface area (Å²) in [6, 6.07) is 17.0. The Labute approximate surface area is 195 Å². The maximum Gasteiger partial charge on any atom is 0.416 e. The average molecular weight is 474 g/mol. The van der Waals surface area contributed by atoms with Gasteiger partial charge in [0.1, 0.15) is 11.3 Å². The van der Waals surface area contributed by atoms with E-state index in [0.717, 1.165) is 18.2 Å². The van der Waals surface area contributed by atoms with E-state index in [4.69, 9.17) is 4.42 Å². The molecule has 3 aromatic carbocycles. The normalized spacial score (nSPS) is 14.9. The van der Waals surface area contributed by atoms with E-state index >= 15 is 0 Å². The first-order valence-corrected chi connectivity index (χ1v) is 10.3. The van der Waals surface area contributed by atoms with E-state index in [1.165, 1.54) is 30.3 Å². The van der Waals surface area contributed by atoms with E-state index in [-0.39, 0.29) is 39.1 Å². The smallest absolute Gasteiger partial charge is 0.416 e. The van der Waals surface area contributed by atoms with Crippen LogP contribution in [0.5, 0.6) is 0 Å². The zero-order chi connectivity index (χ0) is 24.9. The molecule has 172 valence electrons. The van der Waals surface area contributed by atoms with Crippen LogP contribution in [0.2, 0.25) is 0 Å². The van der Waals surface area contributed by atoms with Gasteiger partial charge < -0.3 is 4.42 Å². The highest BCUT2D eigenvalue weighted by Gasteiger charge is 2.34. The molecule has 1 heterocycles. The van der Waals surface area contributed by atoms with E-state index in [2.05, 4.69) is 0 Å². The molecular weight excluding hydrogens is 461 g/mol. The van der Waals surface area contributed by atoms with Crippen LogP contribution in [0.3, 0.4) is 0 Å². The molecule has 0 fully saturated rings. The van der Waals surface area contributed by atoms with Gasteiger partial charge in [0.25, 0.3) is 5.69 Å². The molecule has 9 heteroatoms. The number of halogens is 3. The van der Waals surface area contributed by atoms with Crippen LogP contribution in [0.25, 0.3) is 22.6 Å². The van der Waals surface area contributed by atoms with Crippen LogP contribution in [0.15, 0.2) is 75.9 Å². The van der Waals surface area contributed by atoms with Crippen LogP contribution in [0.4, 0.5) is 18.9 Å². The molecule has 0 bridgehead atoms. The standard InChI is InChI=1S/C26H13F3N2O4/c27-26(28,29)16-5-3-4-14(10-16)23-19-7-2-1-6-18(19)15(13-30)11-21-24(32)20-12-17(31(33)34)8-9-22(20)35-25(21)23/h1-12,23H. The second-order valence-electron chi connectivity index (χ2n) is 7.96. The van der Waals surface area contributed by atoms with Gasteiger partial charge in [-0.2, -0.15) is 18.4 Å². The first-order chi connectivity index (χ1) is 16.7. The van der Waals surface area contributed by atoms with Crippen molar-refractivity contribution in [3.05, 3.63) is 121 Å². The van der Waals surface area contributed by atoms with Crippen molar-refractivity contribution < 1.29 is 22.5 Å². The van der Waals surface area contributed by atoms with E-state index in [9.17, 15) is 33.3 Å². The van der Waals surface area contributed by atoms with Crippen LogP contribution in [0.1, 0.15) is 39.5 Å². The Bertz CT molecular complexity index is 1660. The number of hydrogen-bond acceptors (Lipinski definition) is 5. The van der Waals surface area contributed by atoms with Gasteiger partial charge in [0, 0.05) is 12.1 Å². The Morgan fingerprint density at radius 1 is 1.03 bits per heavy atom. The Morgan fingerprint density at radius 3 is 2.51 bits per heavy atom. The summed E-state index contributed by atoms with van der Waals surface area (Å²) in [4.78, 5) is 24.1. The zero-order valence-corrected chi connectivity index (χ0v) is 17.7. The number of rotatable bonds is 2. The van der Waals surface area contributed by atoms with Gasteiger partial charge in [0.15, 0.2) is 0 Å². The number of nitro groups is 1. The molecule has 0 radical (unpaired) electrons. The number of allylic oxidation sites excluding steroid dienone is 1. The van der Waals surface area contributed by atoms with Crippen molar-refractivity contribution in [2.45, 2.75) is 12.1 Å². The molecule has 4 aromatic rings. The lowest BCUT2D eigenvalue weighted by Gasteiger charge is -2.21. The number of non-ortho nitro benzene ring substituents is 1. The lowest BCUT2D eigenvalue weighted by Crippen LogP contribution is -2.14. The molecule has 35 heavy (non-hydrogen) atoms. The van der Waals surface area contributed by atoms with E-state index in [1.54, 1.807) is 24.3 Å². The highest BCUT2D eigenvalue weighted by molar-refractivity contribution is 5.95. The summed E-state index contributed by atoms with van der Waals surface area (Å²) in [6.07, 6.45) is -3.27. The Balaban J connectivity index is 1.90. The van der Waals surface area contributed by atoms with E-state index in [1.807, 2.05) is 6.07 Å². The molecule has 1 atom stereocenters. The van der Waals surface area contributed by atoms with Crippen LogP contribution in [-0.2, 0) is 6.18 Å². The highest BCUT2D eigenvalue weighted by Crippen LogP contribution is 2.43. The van der Waals surface area contributed by atoms with Crippen LogP contribution >= 0.6 is 0 Å². The molecule has 6 nitrogen and oxygen atoms in total. The number of nitriles is 1. The second-order valence-corrected chi connectivity index (χ2v) is 7.96. The minimum Gasteiger partial charge on any atom is -0.459 e. The lowest BCUT2D eigenvalue weighted by atomic mass is 9.84. The minimum atomic E-state index is -4.59. The summed E-state index contributed by atoms with van der Waals surface area (Å²) in [5.41, 5.74) is -0.552. The van der Waals surface area contributed by atoms with E-state index < -0.39 is 28.0 Å². The third kappa shape index (κ3) is 3.65. The number of alkyl halides is 3. The average Bonchev–Trinajstić information content (AvgIpc) is 2.98. The monoisotopic (exact) mass is 474 g/mol. The summed E-state index contributed by atoms with van der Waals surface area (Å²) in [7, 11) is 0. The molecule has 0 spiro atoms. The molecule has 0 N–H and O–H groups in total. The zero-order valence-electron chi connectivity index (χ0n) is 17.7. The highest BCUT2D eigenvalue weighted by atomic mass is 19.4. The molecule has 5 rings (SSSR count). The summed E-state index contributed by atoms with van der Waals surface area (Å²) >= 11 is 0. The summed E-state index contributed by atoms with van der Waals surface area (Å²) < 4.78 is 46.6. The molecule has 0 aliphatic heterocycles. The van der Waals surface area contributed by atoms with Gasteiger partial charge in [-0.25, -0.2) is 0 Å². The van der Waals surface area contributed by atoms with Crippen molar-refractivity contribution >= 4 is 28.3 Å². The molecule has 1 aliphatic carbocycles. The van der Waals surface area contributed by atoms with Crippen molar-refractivity contribution in [3.63, 3.8) is 0 Å². The van der Waals surface area contributed by atoms with Gasteiger partial charge in [-0.15, -0.1) is 0 Å². The van der Waals surface area contributed by atoms with Gasteiger partial charge >= 0.3 is 6.18 Å². The fraction of sp³-hybridized carbons (Fsp3) is 0.0769. The fourth-order valence-electron chi connectivity index (χ4n) is 4.35. The van der Waals surface area contributed by atoms with Gasteiger partial charge in [-0.1, -0.05) is 42.5 Å². The van der Waals surface area contributed by atoms with Crippen LogP contribution < -0.4 is 5.43 Å². The van der Waals surface area contributed by atoms with Gasteiger partial charge in [-0.3, -0.25) is 14.9 Å². The summed E-state index contributed by atoms with van der Waals surface area (Å²) in [5.74, 6) is -0.897. The van der Waals surface area contributed by atoms with Crippen molar-refractivity contribution in [2.24, 2.45) is 0 Å². The molecule has 0 saturated heterocycles. The molecular formula is C26H13F3N2O4. The quantitative estimate of drug-likeness (QED) is 0.252. The van der Waals surface area contributed by atoms with Crippen LogP contribution in [0, 0.1) is 21.4 Å². The first-order valence-electron chi connectivity index (χ1n) is 10.3. The third-order valence-corrected chi connectivity index (χ3v) is 5.93. The Hall–Kier alpha value is -4.71. The largest absolute Gasteiger partial charge is 0.459 e. The maximum absolute atomic E-state index is 13.5. The van der Waals surface area contributed by atoms with Crippen molar-refractivity contribution in [1.82, 2.24) is 0 Å². The Kier molecular flexibility index (Phi) is 5.02. The van der Waals surface area contributed by atoms with Crippen molar-refractivity contribution in [1.29, 1.82) is 5.26 Å². The second kappa shape index (κ2) is 7.95. The number of fused-ring (bicyclic) bond motifs is 3. The predicted molar refractivity (Wildman–Crippen MR) is 121 cm³/mol. The lowest BCUT2D eigenvalue weighted by molar-refractivity contribution is -0.384. The first kappa shape index (κ1) is 22.1. The van der Waals surface area contributed by atoms with E-state index in [0.29, 0.717) is 11.1 Å². The Morgan fingerprint density at radius 2 is 1.80 bits per heavy atom. The fourth-order valence-corrected chi connectivity index (χ4v) is 4.35. The molecule has 0 saturated carbocycles. The van der Waals surface area contributed by atoms with Crippen molar-refractivity contribution in [3.8, 4) is 6.07 Å². The van der Waals surface area contributed by atoms with Crippen LogP contribution in [-0.4, -0.2) is 4.92 Å². The van der Waals surface area contributed by atoms with Gasteiger partial charge in [0.2, 0.25) is 5.43 Å².